The summed E-state index contributed by atoms with van der Waals surface area (Å²) in [6.07, 6.45) is 1.53. The molecular formula is C31H36N12O5. The van der Waals surface area contributed by atoms with E-state index in [4.69, 9.17) is 25.0 Å². The van der Waals surface area contributed by atoms with Gasteiger partial charge in [-0.05, 0) is 44.8 Å². The number of tetrazole rings is 2. The molecule has 0 bridgehead atoms. The number of esters is 1. The number of hydrogen-bond acceptors (Lipinski definition) is 13. The summed E-state index contributed by atoms with van der Waals surface area (Å²) in [6, 6.07) is 20.5. The Morgan fingerprint density at radius 1 is 0.750 bits per heavy atom. The van der Waals surface area contributed by atoms with Gasteiger partial charge in [0.2, 0.25) is 0 Å². The largest absolute Gasteiger partial charge is 0.459 e. The van der Waals surface area contributed by atoms with Gasteiger partial charge in [0.05, 0.1) is 44.1 Å². The molecule has 0 saturated carbocycles. The van der Waals surface area contributed by atoms with Crippen LogP contribution in [0.4, 0.5) is 4.79 Å². The fourth-order valence-corrected chi connectivity index (χ4v) is 4.52. The van der Waals surface area contributed by atoms with Crippen molar-refractivity contribution in [1.82, 2.24) is 51.0 Å². The first-order valence-electron chi connectivity index (χ1n) is 15.4. The maximum atomic E-state index is 13.3. The smallest absolute Gasteiger partial charge is 0.329 e. The molecule has 250 valence electrons. The molecule has 0 spiro atoms. The molecule has 0 fully saturated rings. The summed E-state index contributed by atoms with van der Waals surface area (Å²) in [6.45, 7) is 0.839. The predicted molar refractivity (Wildman–Crippen MR) is 165 cm³/mol. The van der Waals surface area contributed by atoms with E-state index in [-0.39, 0.29) is 45.5 Å². The van der Waals surface area contributed by atoms with Crippen molar-refractivity contribution in [2.45, 2.75) is 76.9 Å². The monoisotopic (exact) mass is 656 g/mol. The molecule has 4 aromatic rings. The van der Waals surface area contributed by atoms with E-state index in [1.807, 2.05) is 60.7 Å². The van der Waals surface area contributed by atoms with Crippen LogP contribution in [0.3, 0.4) is 0 Å². The summed E-state index contributed by atoms with van der Waals surface area (Å²) in [7, 11) is 0. The van der Waals surface area contributed by atoms with Gasteiger partial charge in [0.15, 0.2) is 11.6 Å². The van der Waals surface area contributed by atoms with Crippen LogP contribution in [-0.4, -0.2) is 71.1 Å². The standard InChI is InChI=1S/C31H36N12O5/c32-17-7-19-42-28(36-38-40-42)15-13-26(23-48-47-22-25-11-5-2-6-12-25)34-31(45)35-27(30(44)46-21-24-9-3-1-4-10-24)14-16-29-37-39-41-43(29)20-8-18-33/h1-6,9-12,26-27H,7-8,13-16,19-23H2,(H2,34,35,45)/t26-,27-/m0/s1. The number of aromatic nitrogens is 8. The minimum atomic E-state index is -1.05. The van der Waals surface area contributed by atoms with Gasteiger partial charge < -0.3 is 15.4 Å². The highest BCUT2D eigenvalue weighted by molar-refractivity contribution is 5.83. The van der Waals surface area contributed by atoms with Crippen LogP contribution < -0.4 is 10.6 Å². The van der Waals surface area contributed by atoms with Crippen molar-refractivity contribution >= 4 is 12.0 Å². The quantitative estimate of drug-likeness (QED) is 0.0602. The average molecular weight is 657 g/mol. The zero-order valence-corrected chi connectivity index (χ0v) is 26.2. The Bertz CT molecular complexity index is 1630. The Labute approximate surface area is 276 Å². The number of carbonyl (C=O) groups is 2. The molecule has 17 nitrogen and oxygen atoms in total. The van der Waals surface area contributed by atoms with Crippen LogP contribution in [0.15, 0.2) is 60.7 Å². The van der Waals surface area contributed by atoms with Crippen molar-refractivity contribution in [3.05, 3.63) is 83.4 Å². The lowest BCUT2D eigenvalue weighted by atomic mass is 10.1. The number of nitrogens with one attached hydrogen (secondary N) is 2. The Morgan fingerprint density at radius 3 is 1.90 bits per heavy atom. The minimum Gasteiger partial charge on any atom is -0.459 e. The highest BCUT2D eigenvalue weighted by atomic mass is 17.2. The molecular weight excluding hydrogens is 620 g/mol. The Balaban J connectivity index is 1.40. The second kappa shape index (κ2) is 19.7. The van der Waals surface area contributed by atoms with E-state index in [0.29, 0.717) is 37.6 Å². The molecule has 0 saturated heterocycles. The number of nitrogens with zero attached hydrogens (tertiary/aromatic N) is 10. The van der Waals surface area contributed by atoms with Crippen LogP contribution in [0, 0.1) is 22.7 Å². The zero-order valence-electron chi connectivity index (χ0n) is 26.2. The second-order valence-corrected chi connectivity index (χ2v) is 10.5. The predicted octanol–water partition coefficient (Wildman–Crippen LogP) is 1.98. The molecule has 2 aromatic carbocycles. The number of carbonyl (C=O) groups excluding carboxylic acids is 2. The van der Waals surface area contributed by atoms with Crippen LogP contribution in [0.5, 0.6) is 0 Å². The first-order chi connectivity index (χ1) is 23.6. The third-order valence-corrected chi connectivity index (χ3v) is 7.03. The third-order valence-electron chi connectivity index (χ3n) is 7.03. The number of rotatable bonds is 20. The maximum absolute atomic E-state index is 13.3. The van der Waals surface area contributed by atoms with Gasteiger partial charge in [-0.15, -0.1) is 10.2 Å². The Hall–Kier alpha value is -5.78. The molecule has 0 radical (unpaired) electrons. The third kappa shape index (κ3) is 11.9. The van der Waals surface area contributed by atoms with E-state index >= 15 is 0 Å². The van der Waals surface area contributed by atoms with Gasteiger partial charge in [-0.25, -0.2) is 28.7 Å². The van der Waals surface area contributed by atoms with Crippen molar-refractivity contribution in [3.63, 3.8) is 0 Å². The summed E-state index contributed by atoms with van der Waals surface area (Å²) in [4.78, 5) is 37.4. The van der Waals surface area contributed by atoms with Crippen molar-refractivity contribution < 1.29 is 24.1 Å². The van der Waals surface area contributed by atoms with Crippen LogP contribution in [0.25, 0.3) is 0 Å². The van der Waals surface area contributed by atoms with Gasteiger partial charge in [0.25, 0.3) is 0 Å². The fourth-order valence-electron chi connectivity index (χ4n) is 4.52. The lowest BCUT2D eigenvalue weighted by Gasteiger charge is -2.22. The molecule has 0 aliphatic carbocycles. The van der Waals surface area contributed by atoms with Crippen LogP contribution in [0.1, 0.15) is 48.5 Å². The number of benzene rings is 2. The van der Waals surface area contributed by atoms with Gasteiger partial charge in [-0.3, -0.25) is 0 Å². The maximum Gasteiger partial charge on any atom is 0.329 e. The van der Waals surface area contributed by atoms with Crippen molar-refractivity contribution in [1.29, 1.82) is 10.5 Å². The van der Waals surface area contributed by atoms with Crippen molar-refractivity contribution in [2.24, 2.45) is 0 Å². The number of ether oxygens (including phenoxy) is 1. The van der Waals surface area contributed by atoms with E-state index in [1.165, 1.54) is 9.36 Å². The van der Waals surface area contributed by atoms with E-state index in [0.717, 1.165) is 11.1 Å². The number of hydrogen-bond donors (Lipinski definition) is 2. The second-order valence-electron chi connectivity index (χ2n) is 10.5. The van der Waals surface area contributed by atoms with Gasteiger partial charge in [-0.2, -0.15) is 10.5 Å². The van der Waals surface area contributed by atoms with E-state index in [1.54, 1.807) is 0 Å². The molecule has 4 rings (SSSR count). The lowest BCUT2D eigenvalue weighted by molar-refractivity contribution is -0.306. The summed E-state index contributed by atoms with van der Waals surface area (Å²) >= 11 is 0. The number of aryl methyl sites for hydroxylation is 4. The van der Waals surface area contributed by atoms with Gasteiger partial charge in [-0.1, -0.05) is 60.7 Å². The number of nitriles is 2. The molecule has 0 aliphatic heterocycles. The molecule has 0 aliphatic rings. The molecule has 17 heteroatoms. The van der Waals surface area contributed by atoms with Gasteiger partial charge in [0, 0.05) is 12.8 Å². The first-order valence-corrected chi connectivity index (χ1v) is 15.4. The summed E-state index contributed by atoms with van der Waals surface area (Å²) < 4.78 is 8.58. The zero-order chi connectivity index (χ0) is 33.8. The first kappa shape index (κ1) is 35.1. The molecule has 2 aromatic heterocycles. The summed E-state index contributed by atoms with van der Waals surface area (Å²) in [5.41, 5.74) is 1.70. The van der Waals surface area contributed by atoms with E-state index < -0.39 is 24.1 Å². The number of urea groups is 1. The van der Waals surface area contributed by atoms with E-state index in [2.05, 4.69) is 53.8 Å². The average Bonchev–Trinajstić information content (AvgIpc) is 3.77. The number of amides is 2. The SMILES string of the molecule is N#CCCn1nnnc1CC[C@@H](COOCc1ccccc1)NC(=O)N[C@@H](CCc1nnnn1CCC#N)C(=O)OCc1ccccc1. The summed E-state index contributed by atoms with van der Waals surface area (Å²) in [5.74, 6) is 0.365. The minimum absolute atomic E-state index is 0.0171. The Morgan fingerprint density at radius 2 is 1.31 bits per heavy atom. The topological polar surface area (TPSA) is 221 Å². The van der Waals surface area contributed by atoms with Crippen molar-refractivity contribution in [3.8, 4) is 12.1 Å². The van der Waals surface area contributed by atoms with Crippen LogP contribution in [-0.2, 0) is 58.5 Å². The molecule has 2 N–H and O–H groups in total. The van der Waals surface area contributed by atoms with Crippen LogP contribution >= 0.6 is 0 Å². The fraction of sp³-hybridized carbons (Fsp3) is 0.419. The van der Waals surface area contributed by atoms with Crippen LogP contribution in [0.2, 0.25) is 0 Å². The van der Waals surface area contributed by atoms with Gasteiger partial charge in [0.1, 0.15) is 25.9 Å². The normalized spacial score (nSPS) is 12.0. The molecule has 0 unspecified atom stereocenters. The molecule has 48 heavy (non-hydrogen) atoms. The Kier molecular flexibility index (Phi) is 14.4. The van der Waals surface area contributed by atoms with Crippen molar-refractivity contribution in [2.75, 3.05) is 6.61 Å². The lowest BCUT2D eigenvalue weighted by Crippen LogP contribution is -2.50. The highest BCUT2D eigenvalue weighted by Crippen LogP contribution is 2.09. The molecule has 2 atom stereocenters. The highest BCUT2D eigenvalue weighted by Gasteiger charge is 2.25. The molecule has 2 heterocycles. The summed E-state index contributed by atoms with van der Waals surface area (Å²) in [5, 5.41) is 46.7. The van der Waals surface area contributed by atoms with E-state index in [9.17, 15) is 9.59 Å². The molecule has 2 amide bonds. The van der Waals surface area contributed by atoms with Gasteiger partial charge >= 0.3 is 12.0 Å².